The first-order chi connectivity index (χ1) is 6.15. The van der Waals surface area contributed by atoms with Gasteiger partial charge in [0.2, 0.25) is 0 Å². The molecule has 72 valence electrons. The first-order valence-electron chi connectivity index (χ1n) is 4.35. The van der Waals surface area contributed by atoms with Crippen molar-refractivity contribution in [2.75, 3.05) is 0 Å². The maximum atomic E-state index is 5.99. The van der Waals surface area contributed by atoms with Crippen molar-refractivity contribution in [3.05, 3.63) is 33.3 Å². The number of hydrogen-bond donors (Lipinski definition) is 1. The van der Waals surface area contributed by atoms with E-state index < -0.39 is 0 Å². The van der Waals surface area contributed by atoms with Crippen LogP contribution in [0.15, 0.2) is 22.7 Å². The highest BCUT2D eigenvalue weighted by Crippen LogP contribution is 2.27. The molecule has 1 atom stereocenters. The van der Waals surface area contributed by atoms with Crippen LogP contribution in [0.5, 0.6) is 0 Å². The topological polar surface area (TPSA) is 26.0 Å². The van der Waals surface area contributed by atoms with Crippen molar-refractivity contribution in [3.63, 3.8) is 0 Å². The van der Waals surface area contributed by atoms with Crippen LogP contribution in [0.3, 0.4) is 0 Å². The van der Waals surface area contributed by atoms with Crippen LogP contribution in [0.1, 0.15) is 31.4 Å². The Hall–Kier alpha value is -0.0500. The Balaban J connectivity index is 2.91. The minimum atomic E-state index is 0.0816. The summed E-state index contributed by atoms with van der Waals surface area (Å²) in [7, 11) is 0. The van der Waals surface area contributed by atoms with E-state index in [1.807, 2.05) is 18.2 Å². The monoisotopic (exact) mass is 261 g/mol. The second-order valence-electron chi connectivity index (χ2n) is 3.06. The van der Waals surface area contributed by atoms with Crippen LogP contribution in [0, 0.1) is 0 Å². The van der Waals surface area contributed by atoms with E-state index in [9.17, 15) is 0 Å². The zero-order chi connectivity index (χ0) is 9.84. The normalized spacial score (nSPS) is 12.9. The molecule has 1 rings (SSSR count). The van der Waals surface area contributed by atoms with Gasteiger partial charge in [-0.05, 0) is 30.2 Å². The molecule has 0 aliphatic heterocycles. The number of benzene rings is 1. The largest absolute Gasteiger partial charge is 0.324 e. The van der Waals surface area contributed by atoms with Gasteiger partial charge in [0.1, 0.15) is 0 Å². The molecule has 0 saturated heterocycles. The Bertz CT molecular complexity index is 288. The van der Waals surface area contributed by atoms with Crippen LogP contribution in [0.4, 0.5) is 0 Å². The molecule has 1 nitrogen and oxygen atoms in total. The fourth-order valence-corrected chi connectivity index (χ4v) is 1.99. The minimum absolute atomic E-state index is 0.0816. The molecule has 0 radical (unpaired) electrons. The molecule has 0 aliphatic carbocycles. The van der Waals surface area contributed by atoms with Gasteiger partial charge in [-0.25, -0.2) is 0 Å². The first-order valence-corrected chi connectivity index (χ1v) is 5.52. The van der Waals surface area contributed by atoms with E-state index in [-0.39, 0.29) is 6.04 Å². The molecule has 0 spiro atoms. The van der Waals surface area contributed by atoms with Gasteiger partial charge in [-0.2, -0.15) is 0 Å². The molecular weight excluding hydrogens is 249 g/mol. The summed E-state index contributed by atoms with van der Waals surface area (Å²) in [5.74, 6) is 0. The van der Waals surface area contributed by atoms with Gasteiger partial charge in [-0.1, -0.05) is 40.9 Å². The molecule has 0 aliphatic rings. The molecule has 1 aromatic rings. The number of halogens is 2. The highest BCUT2D eigenvalue weighted by Gasteiger charge is 2.08. The zero-order valence-electron chi connectivity index (χ0n) is 7.56. The molecule has 0 saturated carbocycles. The summed E-state index contributed by atoms with van der Waals surface area (Å²) in [6.45, 7) is 2.12. The molecule has 3 heteroatoms. The predicted octanol–water partition coefficient (Wildman–Crippen LogP) is 3.90. The number of hydrogen-bond acceptors (Lipinski definition) is 1. The van der Waals surface area contributed by atoms with Gasteiger partial charge < -0.3 is 5.73 Å². The lowest BCUT2D eigenvalue weighted by Gasteiger charge is -2.12. The van der Waals surface area contributed by atoms with E-state index in [1.165, 1.54) is 0 Å². The third-order valence-corrected chi connectivity index (χ3v) is 2.91. The lowest BCUT2D eigenvalue weighted by molar-refractivity contribution is 0.636. The first kappa shape index (κ1) is 11.0. The molecule has 0 heterocycles. The van der Waals surface area contributed by atoms with Gasteiger partial charge in [-0.3, -0.25) is 0 Å². The number of nitrogens with two attached hydrogens (primary N) is 1. The van der Waals surface area contributed by atoms with Crippen molar-refractivity contribution >= 4 is 27.5 Å². The van der Waals surface area contributed by atoms with Gasteiger partial charge in [0.05, 0.1) is 0 Å². The molecular formula is C10H13BrClN. The standard InChI is InChI=1S/C10H13BrClN/c1-2-3-10(13)8-6-7(12)4-5-9(8)11/h4-6,10H,2-3,13H2,1H3/t10-/m0/s1. The Labute approximate surface area is 92.4 Å². The Kier molecular flexibility index (Phi) is 4.23. The van der Waals surface area contributed by atoms with Crippen LogP contribution in [-0.4, -0.2) is 0 Å². The lowest BCUT2D eigenvalue weighted by atomic mass is 10.0. The summed E-state index contributed by atoms with van der Waals surface area (Å²) in [6, 6.07) is 5.80. The maximum Gasteiger partial charge on any atom is 0.0410 e. The second kappa shape index (κ2) is 4.99. The van der Waals surface area contributed by atoms with E-state index >= 15 is 0 Å². The summed E-state index contributed by atoms with van der Waals surface area (Å²) >= 11 is 9.35. The van der Waals surface area contributed by atoms with Crippen LogP contribution in [0.25, 0.3) is 0 Å². The van der Waals surface area contributed by atoms with Crippen LogP contribution >= 0.6 is 27.5 Å². The zero-order valence-corrected chi connectivity index (χ0v) is 9.90. The van der Waals surface area contributed by atoms with E-state index in [0.29, 0.717) is 0 Å². The predicted molar refractivity (Wildman–Crippen MR) is 61.0 cm³/mol. The summed E-state index contributed by atoms with van der Waals surface area (Å²) < 4.78 is 1.04. The van der Waals surface area contributed by atoms with Gasteiger partial charge in [0, 0.05) is 15.5 Å². The summed E-state index contributed by atoms with van der Waals surface area (Å²) in [6.07, 6.45) is 2.07. The van der Waals surface area contributed by atoms with Crippen molar-refractivity contribution in [1.29, 1.82) is 0 Å². The molecule has 0 aromatic heterocycles. The van der Waals surface area contributed by atoms with Crippen molar-refractivity contribution in [2.45, 2.75) is 25.8 Å². The summed E-state index contributed by atoms with van der Waals surface area (Å²) in [5.41, 5.74) is 7.08. The third-order valence-electron chi connectivity index (χ3n) is 1.96. The molecule has 2 N–H and O–H groups in total. The summed E-state index contributed by atoms with van der Waals surface area (Å²) in [4.78, 5) is 0. The van der Waals surface area contributed by atoms with E-state index in [2.05, 4.69) is 22.9 Å². The fourth-order valence-electron chi connectivity index (χ4n) is 1.27. The SMILES string of the molecule is CCC[C@H](N)c1cc(Cl)ccc1Br. The maximum absolute atomic E-state index is 5.99. The Morgan fingerprint density at radius 1 is 1.54 bits per heavy atom. The van der Waals surface area contributed by atoms with Gasteiger partial charge >= 0.3 is 0 Å². The molecule has 13 heavy (non-hydrogen) atoms. The van der Waals surface area contributed by atoms with E-state index in [0.717, 1.165) is 27.9 Å². The Morgan fingerprint density at radius 3 is 2.85 bits per heavy atom. The van der Waals surface area contributed by atoms with Crippen LogP contribution in [0.2, 0.25) is 5.02 Å². The quantitative estimate of drug-likeness (QED) is 0.878. The second-order valence-corrected chi connectivity index (χ2v) is 4.35. The molecule has 1 aromatic carbocycles. The highest BCUT2D eigenvalue weighted by molar-refractivity contribution is 9.10. The van der Waals surface area contributed by atoms with Gasteiger partial charge in [0.25, 0.3) is 0 Å². The Morgan fingerprint density at radius 2 is 2.23 bits per heavy atom. The number of rotatable bonds is 3. The minimum Gasteiger partial charge on any atom is -0.324 e. The van der Waals surface area contributed by atoms with Crippen molar-refractivity contribution in [3.8, 4) is 0 Å². The van der Waals surface area contributed by atoms with E-state index in [4.69, 9.17) is 17.3 Å². The highest BCUT2D eigenvalue weighted by atomic mass is 79.9. The fraction of sp³-hybridized carbons (Fsp3) is 0.400. The van der Waals surface area contributed by atoms with E-state index in [1.54, 1.807) is 0 Å². The third kappa shape index (κ3) is 2.97. The molecule has 0 unspecified atom stereocenters. The van der Waals surface area contributed by atoms with Gasteiger partial charge in [-0.15, -0.1) is 0 Å². The van der Waals surface area contributed by atoms with Crippen LogP contribution in [-0.2, 0) is 0 Å². The summed E-state index contributed by atoms with van der Waals surface area (Å²) in [5, 5.41) is 0.741. The molecule has 0 amide bonds. The average molecular weight is 263 g/mol. The average Bonchev–Trinajstić information content (AvgIpc) is 2.09. The van der Waals surface area contributed by atoms with Crippen molar-refractivity contribution < 1.29 is 0 Å². The van der Waals surface area contributed by atoms with Crippen molar-refractivity contribution in [1.82, 2.24) is 0 Å². The van der Waals surface area contributed by atoms with Crippen LogP contribution < -0.4 is 5.73 Å². The molecule has 0 bridgehead atoms. The van der Waals surface area contributed by atoms with Gasteiger partial charge in [0.15, 0.2) is 0 Å². The lowest BCUT2D eigenvalue weighted by Crippen LogP contribution is -2.10. The smallest absolute Gasteiger partial charge is 0.0410 e. The van der Waals surface area contributed by atoms with Crippen molar-refractivity contribution in [2.24, 2.45) is 5.73 Å². The molecule has 0 fully saturated rings.